The molecule has 0 unspecified atom stereocenters. The van der Waals surface area contributed by atoms with Crippen LogP contribution in [0, 0.1) is 0 Å². The highest BCUT2D eigenvalue weighted by atomic mass is 16.5. The van der Waals surface area contributed by atoms with E-state index >= 15 is 0 Å². The molecule has 1 atom stereocenters. The lowest BCUT2D eigenvalue weighted by molar-refractivity contribution is 0.0519. The van der Waals surface area contributed by atoms with Crippen LogP contribution in [0.15, 0.2) is 35.1 Å². The van der Waals surface area contributed by atoms with Gasteiger partial charge in [-0.2, -0.15) is 4.98 Å². The van der Waals surface area contributed by atoms with Crippen molar-refractivity contribution in [1.29, 1.82) is 0 Å². The molecule has 3 heterocycles. The molecular weight excluding hydrogens is 286 g/mol. The zero-order valence-electron chi connectivity index (χ0n) is 12.3. The van der Waals surface area contributed by atoms with Crippen LogP contribution in [0.5, 0.6) is 5.88 Å². The summed E-state index contributed by atoms with van der Waals surface area (Å²) in [5, 5.41) is 0. The highest BCUT2D eigenvalue weighted by Crippen LogP contribution is 2.22. The topological polar surface area (TPSA) is 77.7 Å². The number of hydrogen-bond acceptors (Lipinski definition) is 7. The first-order chi connectivity index (χ1) is 10.8. The summed E-state index contributed by atoms with van der Waals surface area (Å²) >= 11 is 0. The Bertz CT molecular complexity index is 629. The van der Waals surface area contributed by atoms with E-state index in [2.05, 4.69) is 9.97 Å². The average Bonchev–Trinajstić information content (AvgIpc) is 3.17. The molecule has 0 saturated carbocycles. The Morgan fingerprint density at radius 3 is 3.18 bits per heavy atom. The minimum absolute atomic E-state index is 0.0212. The number of esters is 1. The number of nitrogens with zero attached hydrogens (tertiary/aromatic N) is 3. The minimum Gasteiger partial charge on any atom is -0.472 e. The van der Waals surface area contributed by atoms with Gasteiger partial charge >= 0.3 is 5.97 Å². The second kappa shape index (κ2) is 6.46. The first-order valence-corrected chi connectivity index (χ1v) is 7.21. The number of hydrogen-bond donors (Lipinski definition) is 0. The third kappa shape index (κ3) is 3.19. The molecule has 1 fully saturated rings. The quantitative estimate of drug-likeness (QED) is 0.781. The molecule has 0 radical (unpaired) electrons. The van der Waals surface area contributed by atoms with E-state index in [0.29, 0.717) is 25.0 Å². The van der Waals surface area contributed by atoms with E-state index in [-0.39, 0.29) is 11.8 Å². The monoisotopic (exact) mass is 303 g/mol. The van der Waals surface area contributed by atoms with Gasteiger partial charge in [-0.3, -0.25) is 0 Å². The lowest BCUT2D eigenvalue weighted by Gasteiger charge is -2.14. The van der Waals surface area contributed by atoms with Crippen molar-refractivity contribution in [2.45, 2.75) is 19.4 Å². The lowest BCUT2D eigenvalue weighted by Crippen LogP contribution is -2.25. The SMILES string of the molecule is CCOC(=O)c1coc(N2CC[C@H](Oc3ccccn3)C2)n1. The van der Waals surface area contributed by atoms with E-state index < -0.39 is 5.97 Å². The Balaban J connectivity index is 1.59. The van der Waals surface area contributed by atoms with E-state index in [9.17, 15) is 4.79 Å². The number of aromatic nitrogens is 2. The maximum atomic E-state index is 11.6. The van der Waals surface area contributed by atoms with Crippen LogP contribution in [0.25, 0.3) is 0 Å². The second-order valence-electron chi connectivity index (χ2n) is 4.88. The van der Waals surface area contributed by atoms with Gasteiger partial charge in [-0.05, 0) is 13.0 Å². The van der Waals surface area contributed by atoms with Crippen LogP contribution in [0.2, 0.25) is 0 Å². The normalized spacial score (nSPS) is 17.5. The summed E-state index contributed by atoms with van der Waals surface area (Å²) in [6, 6.07) is 5.97. The number of oxazole rings is 1. The van der Waals surface area contributed by atoms with Crippen molar-refractivity contribution >= 4 is 12.0 Å². The molecule has 2 aromatic rings. The third-order valence-corrected chi connectivity index (χ3v) is 3.32. The van der Waals surface area contributed by atoms with Crippen LogP contribution < -0.4 is 9.64 Å². The fourth-order valence-electron chi connectivity index (χ4n) is 2.29. The molecule has 7 nitrogen and oxygen atoms in total. The average molecular weight is 303 g/mol. The van der Waals surface area contributed by atoms with Gasteiger partial charge < -0.3 is 18.8 Å². The van der Waals surface area contributed by atoms with Crippen LogP contribution in [-0.4, -0.2) is 41.7 Å². The molecule has 0 aromatic carbocycles. The van der Waals surface area contributed by atoms with Crippen LogP contribution in [0.4, 0.5) is 6.01 Å². The van der Waals surface area contributed by atoms with Gasteiger partial charge in [0, 0.05) is 25.2 Å². The molecule has 1 saturated heterocycles. The Morgan fingerprint density at radius 1 is 1.50 bits per heavy atom. The van der Waals surface area contributed by atoms with Gasteiger partial charge in [0.05, 0.1) is 13.2 Å². The van der Waals surface area contributed by atoms with Crippen molar-refractivity contribution in [3.05, 3.63) is 36.4 Å². The Hall–Kier alpha value is -2.57. The van der Waals surface area contributed by atoms with E-state index in [1.54, 1.807) is 13.1 Å². The number of carbonyl (C=O) groups is 1. The van der Waals surface area contributed by atoms with Crippen LogP contribution in [0.3, 0.4) is 0 Å². The number of anilines is 1. The summed E-state index contributed by atoms with van der Waals surface area (Å²) in [7, 11) is 0. The molecule has 7 heteroatoms. The molecule has 116 valence electrons. The Kier molecular flexibility index (Phi) is 4.22. The van der Waals surface area contributed by atoms with Gasteiger partial charge in [0.25, 0.3) is 6.01 Å². The van der Waals surface area contributed by atoms with Gasteiger partial charge in [-0.15, -0.1) is 0 Å². The third-order valence-electron chi connectivity index (χ3n) is 3.32. The van der Waals surface area contributed by atoms with E-state index in [4.69, 9.17) is 13.9 Å². The molecule has 22 heavy (non-hydrogen) atoms. The van der Waals surface area contributed by atoms with Gasteiger partial charge in [-0.1, -0.05) is 6.07 Å². The van der Waals surface area contributed by atoms with Gasteiger partial charge in [0.15, 0.2) is 5.69 Å². The number of rotatable bonds is 5. The molecule has 1 aliphatic rings. The zero-order chi connectivity index (χ0) is 15.4. The molecular formula is C15H17N3O4. The van der Waals surface area contributed by atoms with E-state index in [1.165, 1.54) is 6.26 Å². The first kappa shape index (κ1) is 14.4. The van der Waals surface area contributed by atoms with Crippen molar-refractivity contribution in [1.82, 2.24) is 9.97 Å². The fraction of sp³-hybridized carbons (Fsp3) is 0.400. The van der Waals surface area contributed by atoms with Crippen LogP contribution in [0.1, 0.15) is 23.8 Å². The summed E-state index contributed by atoms with van der Waals surface area (Å²) < 4.78 is 16.1. The summed E-state index contributed by atoms with van der Waals surface area (Å²) in [6.45, 7) is 3.45. The molecule has 0 bridgehead atoms. The summed E-state index contributed by atoms with van der Waals surface area (Å²) in [5.74, 6) is 0.131. The van der Waals surface area contributed by atoms with Crippen molar-refractivity contribution in [2.75, 3.05) is 24.6 Å². The Labute approximate surface area is 127 Å². The maximum absolute atomic E-state index is 11.6. The second-order valence-corrected chi connectivity index (χ2v) is 4.88. The number of pyridine rings is 1. The van der Waals surface area contributed by atoms with Crippen molar-refractivity contribution in [3.8, 4) is 5.88 Å². The number of carbonyl (C=O) groups excluding carboxylic acids is 1. The summed E-state index contributed by atoms with van der Waals surface area (Å²) in [5.41, 5.74) is 0.186. The van der Waals surface area contributed by atoms with Gasteiger partial charge in [0.1, 0.15) is 12.4 Å². The van der Waals surface area contributed by atoms with Crippen LogP contribution in [-0.2, 0) is 4.74 Å². The van der Waals surface area contributed by atoms with Gasteiger partial charge in [0.2, 0.25) is 5.88 Å². The lowest BCUT2D eigenvalue weighted by atomic mass is 10.3. The molecule has 1 aliphatic heterocycles. The van der Waals surface area contributed by atoms with E-state index in [0.717, 1.165) is 13.0 Å². The smallest absolute Gasteiger partial charge is 0.360 e. The Morgan fingerprint density at radius 2 is 2.41 bits per heavy atom. The molecule has 0 spiro atoms. The largest absolute Gasteiger partial charge is 0.472 e. The predicted octanol–water partition coefficient (Wildman–Crippen LogP) is 1.90. The fourth-order valence-corrected chi connectivity index (χ4v) is 2.29. The molecule has 0 aliphatic carbocycles. The summed E-state index contributed by atoms with van der Waals surface area (Å²) in [4.78, 5) is 21.8. The molecule has 2 aromatic heterocycles. The summed E-state index contributed by atoms with van der Waals surface area (Å²) in [6.07, 6.45) is 3.88. The highest BCUT2D eigenvalue weighted by molar-refractivity contribution is 5.87. The zero-order valence-corrected chi connectivity index (χ0v) is 12.3. The van der Waals surface area contributed by atoms with E-state index in [1.807, 2.05) is 23.1 Å². The molecule has 0 amide bonds. The van der Waals surface area contributed by atoms with Gasteiger partial charge in [-0.25, -0.2) is 9.78 Å². The first-order valence-electron chi connectivity index (χ1n) is 7.21. The molecule has 3 rings (SSSR count). The van der Waals surface area contributed by atoms with Crippen molar-refractivity contribution < 1.29 is 18.7 Å². The van der Waals surface area contributed by atoms with Crippen LogP contribution >= 0.6 is 0 Å². The maximum Gasteiger partial charge on any atom is 0.360 e. The van der Waals surface area contributed by atoms with Crippen molar-refractivity contribution in [2.24, 2.45) is 0 Å². The minimum atomic E-state index is -0.474. The van der Waals surface area contributed by atoms with Crippen molar-refractivity contribution in [3.63, 3.8) is 0 Å². The standard InChI is InChI=1S/C15H17N3O4/c1-2-20-14(19)12-10-21-15(17-12)18-8-6-11(9-18)22-13-5-3-4-7-16-13/h3-5,7,10-11H,2,6,8-9H2,1H3/t11-/m0/s1. The highest BCUT2D eigenvalue weighted by Gasteiger charge is 2.28. The number of ether oxygens (including phenoxy) is 2. The molecule has 0 N–H and O–H groups in total. The predicted molar refractivity (Wildman–Crippen MR) is 77.9 cm³/mol.